The molecule has 5 nitrogen and oxygen atoms in total. The van der Waals surface area contributed by atoms with Gasteiger partial charge in [0.15, 0.2) is 0 Å². The second-order valence-corrected chi connectivity index (χ2v) is 10.7. The molecule has 0 unspecified atom stereocenters. The molecule has 0 fully saturated rings. The molecular formula is C35H36N2O3. The molecule has 0 saturated carbocycles. The summed E-state index contributed by atoms with van der Waals surface area (Å²) in [7, 11) is 0. The van der Waals surface area contributed by atoms with Crippen molar-refractivity contribution in [3.8, 4) is 0 Å². The summed E-state index contributed by atoms with van der Waals surface area (Å²) in [6, 6.07) is 37.5. The lowest BCUT2D eigenvalue weighted by Gasteiger charge is -2.26. The van der Waals surface area contributed by atoms with Gasteiger partial charge in [0.2, 0.25) is 5.91 Å². The second kappa shape index (κ2) is 13.5. The smallest absolute Gasteiger partial charge is 0.329 e. The molecule has 0 heterocycles. The Hall–Kier alpha value is -4.51. The minimum atomic E-state index is -0.862. The number of hydrogen-bond acceptors (Lipinski definition) is 4. The molecule has 4 aromatic rings. The van der Waals surface area contributed by atoms with Crippen LogP contribution in [0.1, 0.15) is 43.0 Å². The summed E-state index contributed by atoms with van der Waals surface area (Å²) >= 11 is 0. The summed E-state index contributed by atoms with van der Waals surface area (Å²) in [5.41, 5.74) is 3.75. The van der Waals surface area contributed by atoms with Crippen LogP contribution in [0.25, 0.3) is 0 Å². The summed E-state index contributed by atoms with van der Waals surface area (Å²) in [5, 5.41) is 3.00. The summed E-state index contributed by atoms with van der Waals surface area (Å²) in [5.74, 6) is -0.807. The van der Waals surface area contributed by atoms with E-state index in [4.69, 9.17) is 9.73 Å². The second-order valence-electron chi connectivity index (χ2n) is 10.7. The van der Waals surface area contributed by atoms with E-state index >= 15 is 0 Å². The van der Waals surface area contributed by atoms with Crippen molar-refractivity contribution in [2.75, 3.05) is 0 Å². The summed E-state index contributed by atoms with van der Waals surface area (Å²) in [6.45, 7) is 5.46. The summed E-state index contributed by atoms with van der Waals surface area (Å²) in [4.78, 5) is 32.3. The number of benzene rings is 4. The van der Waals surface area contributed by atoms with Gasteiger partial charge in [-0.3, -0.25) is 9.79 Å². The molecule has 40 heavy (non-hydrogen) atoms. The fourth-order valence-electron chi connectivity index (χ4n) is 4.38. The molecular weight excluding hydrogens is 496 g/mol. The number of aliphatic imine (C=N–C) groups is 1. The molecule has 0 spiro atoms. The van der Waals surface area contributed by atoms with Crippen molar-refractivity contribution in [3.05, 3.63) is 144 Å². The predicted molar refractivity (Wildman–Crippen MR) is 160 cm³/mol. The Morgan fingerprint density at radius 2 is 1.10 bits per heavy atom. The van der Waals surface area contributed by atoms with Gasteiger partial charge in [-0.1, -0.05) is 121 Å². The van der Waals surface area contributed by atoms with E-state index in [1.54, 1.807) is 0 Å². The van der Waals surface area contributed by atoms with Crippen molar-refractivity contribution >= 4 is 17.6 Å². The molecule has 204 valence electrons. The monoisotopic (exact) mass is 532 g/mol. The minimum absolute atomic E-state index is 0.313. The van der Waals surface area contributed by atoms with Crippen molar-refractivity contribution < 1.29 is 14.3 Å². The highest BCUT2D eigenvalue weighted by atomic mass is 16.6. The molecule has 0 aliphatic rings. The highest BCUT2D eigenvalue weighted by Crippen LogP contribution is 2.17. The summed E-state index contributed by atoms with van der Waals surface area (Å²) in [6.07, 6.45) is 0.690. The quantitative estimate of drug-likeness (QED) is 0.195. The first kappa shape index (κ1) is 28.5. The first-order valence-corrected chi connectivity index (χ1v) is 13.6. The standard InChI is InChI=1S/C35H36N2O3/c1-35(2,3)40-34(39)31(25-27-18-10-5-11-19-27)37-33(38)30(24-26-16-8-4-9-17-26)36-32(28-20-12-6-13-21-28)29-22-14-7-15-23-29/h4-23,30-31H,24-25H2,1-3H3,(H,37,38)/t30-,31+/m1/s1. The minimum Gasteiger partial charge on any atom is -0.458 e. The number of esters is 1. The van der Waals surface area contributed by atoms with Gasteiger partial charge in [0.25, 0.3) is 0 Å². The zero-order chi connectivity index (χ0) is 28.4. The highest BCUT2D eigenvalue weighted by Gasteiger charge is 2.30. The molecule has 4 aromatic carbocycles. The average Bonchev–Trinajstić information content (AvgIpc) is 2.96. The fourth-order valence-corrected chi connectivity index (χ4v) is 4.38. The highest BCUT2D eigenvalue weighted by molar-refractivity contribution is 6.13. The normalized spacial score (nSPS) is 12.6. The Bertz CT molecular complexity index is 1360. The maximum Gasteiger partial charge on any atom is 0.329 e. The van der Waals surface area contributed by atoms with Gasteiger partial charge in [0.1, 0.15) is 17.7 Å². The Morgan fingerprint density at radius 3 is 1.55 bits per heavy atom. The van der Waals surface area contributed by atoms with Crippen molar-refractivity contribution in [2.45, 2.75) is 51.3 Å². The molecule has 1 N–H and O–H groups in total. The molecule has 0 saturated heterocycles. The zero-order valence-electron chi connectivity index (χ0n) is 23.3. The van der Waals surface area contributed by atoms with Gasteiger partial charge in [-0.25, -0.2) is 4.79 Å². The van der Waals surface area contributed by atoms with Gasteiger partial charge in [-0.05, 0) is 31.9 Å². The molecule has 5 heteroatoms. The van der Waals surface area contributed by atoms with Crippen molar-refractivity contribution in [3.63, 3.8) is 0 Å². The molecule has 0 aromatic heterocycles. The Balaban J connectivity index is 1.71. The van der Waals surface area contributed by atoms with E-state index in [9.17, 15) is 9.59 Å². The Morgan fingerprint density at radius 1 is 0.675 bits per heavy atom. The van der Waals surface area contributed by atoms with Gasteiger partial charge in [-0.15, -0.1) is 0 Å². The van der Waals surface area contributed by atoms with Crippen LogP contribution in [-0.4, -0.2) is 35.3 Å². The van der Waals surface area contributed by atoms with Crippen LogP contribution in [0.4, 0.5) is 0 Å². The van der Waals surface area contributed by atoms with Crippen LogP contribution in [0.3, 0.4) is 0 Å². The SMILES string of the molecule is CC(C)(C)OC(=O)[C@H](Cc1ccccc1)NC(=O)[C@@H](Cc1ccccc1)N=C(c1ccccc1)c1ccccc1. The third-order valence-electron chi connectivity index (χ3n) is 6.24. The van der Waals surface area contributed by atoms with Crippen molar-refractivity contribution in [1.29, 1.82) is 0 Å². The van der Waals surface area contributed by atoms with Crippen LogP contribution in [0, 0.1) is 0 Å². The number of hydrogen-bond donors (Lipinski definition) is 1. The van der Waals surface area contributed by atoms with Crippen molar-refractivity contribution in [2.24, 2.45) is 4.99 Å². The Labute approximate surface area is 236 Å². The lowest BCUT2D eigenvalue weighted by molar-refractivity contribution is -0.158. The molecule has 2 atom stereocenters. The zero-order valence-corrected chi connectivity index (χ0v) is 23.3. The van der Waals surface area contributed by atoms with Gasteiger partial charge in [-0.2, -0.15) is 0 Å². The van der Waals surface area contributed by atoms with Gasteiger partial charge < -0.3 is 10.1 Å². The summed E-state index contributed by atoms with van der Waals surface area (Å²) < 4.78 is 5.70. The fraction of sp³-hybridized carbons (Fsp3) is 0.229. The number of rotatable bonds is 10. The topological polar surface area (TPSA) is 67.8 Å². The lowest BCUT2D eigenvalue weighted by Crippen LogP contribution is -2.49. The molecule has 0 radical (unpaired) electrons. The van der Waals surface area contributed by atoms with Gasteiger partial charge in [0.05, 0.1) is 5.71 Å². The average molecular weight is 533 g/mol. The van der Waals surface area contributed by atoms with E-state index in [0.29, 0.717) is 18.6 Å². The van der Waals surface area contributed by atoms with Crippen LogP contribution in [-0.2, 0) is 27.2 Å². The molecule has 0 bridgehead atoms. The predicted octanol–water partition coefficient (Wildman–Crippen LogP) is 6.20. The van der Waals surface area contributed by atoms with Crippen LogP contribution in [0.2, 0.25) is 0 Å². The lowest BCUT2D eigenvalue weighted by atomic mass is 10.00. The molecule has 1 amide bonds. The van der Waals surface area contributed by atoms with E-state index in [2.05, 4.69) is 5.32 Å². The Kier molecular flexibility index (Phi) is 9.63. The number of carbonyl (C=O) groups excluding carboxylic acids is 2. The van der Waals surface area contributed by atoms with Crippen molar-refractivity contribution in [1.82, 2.24) is 5.32 Å². The first-order chi connectivity index (χ1) is 19.3. The van der Waals surface area contributed by atoms with Crippen LogP contribution in [0.15, 0.2) is 126 Å². The molecule has 4 rings (SSSR count). The maximum absolute atomic E-state index is 14.0. The van der Waals surface area contributed by atoms with Gasteiger partial charge >= 0.3 is 5.97 Å². The van der Waals surface area contributed by atoms with Gasteiger partial charge in [0, 0.05) is 24.0 Å². The third kappa shape index (κ3) is 8.50. The van der Waals surface area contributed by atoms with Crippen LogP contribution < -0.4 is 5.32 Å². The van der Waals surface area contributed by atoms with Crippen LogP contribution in [0.5, 0.6) is 0 Å². The molecule has 0 aliphatic carbocycles. The van der Waals surface area contributed by atoms with E-state index in [-0.39, 0.29) is 5.91 Å². The largest absolute Gasteiger partial charge is 0.458 e. The van der Waals surface area contributed by atoms with E-state index in [0.717, 1.165) is 22.3 Å². The third-order valence-corrected chi connectivity index (χ3v) is 6.24. The number of carbonyl (C=O) groups is 2. The maximum atomic E-state index is 14.0. The number of ether oxygens (including phenoxy) is 1. The molecule has 0 aliphatic heterocycles. The van der Waals surface area contributed by atoms with E-state index in [1.807, 2.05) is 142 Å². The number of nitrogens with one attached hydrogen (secondary N) is 1. The first-order valence-electron chi connectivity index (χ1n) is 13.6. The number of nitrogens with zero attached hydrogens (tertiary/aromatic N) is 1. The number of amides is 1. The van der Waals surface area contributed by atoms with E-state index in [1.165, 1.54) is 0 Å². The van der Waals surface area contributed by atoms with E-state index < -0.39 is 23.7 Å². The van der Waals surface area contributed by atoms with Crippen LogP contribution >= 0.6 is 0 Å².